The number of ether oxygens (including phenoxy) is 1. The van der Waals surface area contributed by atoms with Gasteiger partial charge in [-0.05, 0) is 43.0 Å². The molecule has 2 aromatic heterocycles. The molecular weight excluding hydrogens is 448 g/mol. The van der Waals surface area contributed by atoms with E-state index in [9.17, 15) is 13.2 Å². The Hall–Kier alpha value is -2.33. The van der Waals surface area contributed by atoms with Crippen molar-refractivity contribution in [1.29, 1.82) is 0 Å². The first-order valence-corrected chi connectivity index (χ1v) is 13.4. The van der Waals surface area contributed by atoms with Gasteiger partial charge in [-0.1, -0.05) is 25.6 Å². The van der Waals surface area contributed by atoms with E-state index >= 15 is 0 Å². The lowest BCUT2D eigenvalue weighted by Crippen LogP contribution is -2.44. The van der Waals surface area contributed by atoms with Gasteiger partial charge < -0.3 is 9.64 Å². The number of carbonyl (C=O) groups is 1. The van der Waals surface area contributed by atoms with Crippen molar-refractivity contribution in [3.63, 3.8) is 0 Å². The van der Waals surface area contributed by atoms with Crippen molar-refractivity contribution in [1.82, 2.24) is 19.5 Å². The maximum absolute atomic E-state index is 13.2. The average Bonchev–Trinajstić information content (AvgIpc) is 3.32. The normalized spacial score (nSPS) is 18.0. The molecule has 10 heteroatoms. The molecule has 3 aromatic rings. The number of nitrogens with zero attached hydrogens (tertiary/aromatic N) is 4. The largest absolute Gasteiger partial charge is 0.497 e. The minimum Gasteiger partial charge on any atom is -0.497 e. The molecule has 1 fully saturated rings. The van der Waals surface area contributed by atoms with Gasteiger partial charge in [0.25, 0.3) is 0 Å². The number of fused-ring (bicyclic) bond motifs is 3. The number of benzene rings is 1. The fourth-order valence-electron chi connectivity index (χ4n) is 4.20. The van der Waals surface area contributed by atoms with Crippen LogP contribution < -0.4 is 4.74 Å². The summed E-state index contributed by atoms with van der Waals surface area (Å²) < 4.78 is 31.3. The van der Waals surface area contributed by atoms with Crippen LogP contribution in [0.2, 0.25) is 0 Å². The van der Waals surface area contributed by atoms with Gasteiger partial charge in [-0.15, -0.1) is 10.2 Å². The average molecular weight is 477 g/mol. The number of hydrogen-bond acceptors (Lipinski definition) is 7. The van der Waals surface area contributed by atoms with Gasteiger partial charge in [-0.2, -0.15) is 0 Å². The highest BCUT2D eigenvalue weighted by molar-refractivity contribution is 7.99. The Morgan fingerprint density at radius 1 is 1.31 bits per heavy atom. The first-order chi connectivity index (χ1) is 15.2. The second-order valence-corrected chi connectivity index (χ2v) is 11.8. The van der Waals surface area contributed by atoms with Crippen molar-refractivity contribution in [2.75, 3.05) is 30.9 Å². The fourth-order valence-corrected chi connectivity index (χ4v) is 6.77. The lowest BCUT2D eigenvalue weighted by molar-refractivity contribution is -0.130. The zero-order chi connectivity index (χ0) is 23.0. The Morgan fingerprint density at radius 2 is 2.09 bits per heavy atom. The zero-order valence-corrected chi connectivity index (χ0v) is 20.4. The Kier molecular flexibility index (Phi) is 6.35. The number of hydrogen-bond donors (Lipinski definition) is 0. The van der Waals surface area contributed by atoms with Gasteiger partial charge in [0.2, 0.25) is 5.91 Å². The number of amides is 1. The second-order valence-electron chi connectivity index (χ2n) is 8.67. The van der Waals surface area contributed by atoms with E-state index in [0.29, 0.717) is 23.8 Å². The van der Waals surface area contributed by atoms with Crippen molar-refractivity contribution in [3.05, 3.63) is 29.8 Å². The third kappa shape index (κ3) is 4.56. The third-order valence-electron chi connectivity index (χ3n) is 5.73. The van der Waals surface area contributed by atoms with Gasteiger partial charge in [-0.25, -0.2) is 8.42 Å². The minimum absolute atomic E-state index is 0.0493. The van der Waals surface area contributed by atoms with E-state index in [4.69, 9.17) is 4.74 Å². The van der Waals surface area contributed by atoms with Crippen LogP contribution >= 0.6 is 11.8 Å². The first-order valence-electron chi connectivity index (χ1n) is 10.6. The Morgan fingerprint density at radius 3 is 2.75 bits per heavy atom. The third-order valence-corrected chi connectivity index (χ3v) is 8.39. The number of thioether (sulfide) groups is 1. The molecule has 0 saturated carbocycles. The van der Waals surface area contributed by atoms with Gasteiger partial charge in [0, 0.05) is 24.0 Å². The number of pyridine rings is 1. The summed E-state index contributed by atoms with van der Waals surface area (Å²) in [7, 11) is -1.44. The number of sulfone groups is 1. The molecule has 4 rings (SSSR count). The summed E-state index contributed by atoms with van der Waals surface area (Å²) in [5.74, 6) is 1.28. The molecule has 1 aromatic carbocycles. The molecule has 1 aliphatic heterocycles. The maximum atomic E-state index is 13.2. The van der Waals surface area contributed by atoms with Crippen LogP contribution in [0.15, 0.2) is 29.4 Å². The van der Waals surface area contributed by atoms with Crippen molar-refractivity contribution in [3.8, 4) is 5.75 Å². The topological polar surface area (TPSA) is 93.9 Å². The lowest BCUT2D eigenvalue weighted by Gasteiger charge is -2.29. The molecule has 3 heterocycles. The molecule has 1 atom stereocenters. The van der Waals surface area contributed by atoms with Gasteiger partial charge in [0.05, 0.1) is 29.9 Å². The molecule has 0 N–H and O–H groups in total. The molecule has 8 nitrogen and oxygen atoms in total. The Bertz CT molecular complexity index is 1270. The molecule has 172 valence electrons. The number of aromatic nitrogens is 3. The molecule has 0 radical (unpaired) electrons. The van der Waals surface area contributed by atoms with Crippen molar-refractivity contribution < 1.29 is 17.9 Å². The van der Waals surface area contributed by atoms with Gasteiger partial charge in [0.15, 0.2) is 20.6 Å². The smallest absolute Gasteiger partial charge is 0.233 e. The van der Waals surface area contributed by atoms with Crippen molar-refractivity contribution >= 4 is 44.1 Å². The fraction of sp³-hybridized carbons (Fsp3) is 0.500. The second kappa shape index (κ2) is 8.90. The first kappa shape index (κ1) is 22.8. The van der Waals surface area contributed by atoms with Crippen LogP contribution in [0.5, 0.6) is 5.75 Å². The zero-order valence-electron chi connectivity index (χ0n) is 18.7. The summed E-state index contributed by atoms with van der Waals surface area (Å²) in [5, 5.41) is 10.3. The van der Waals surface area contributed by atoms with Crippen LogP contribution in [-0.2, 0) is 14.6 Å². The van der Waals surface area contributed by atoms with Crippen molar-refractivity contribution in [2.24, 2.45) is 5.92 Å². The van der Waals surface area contributed by atoms with Gasteiger partial charge in [-0.3, -0.25) is 9.20 Å². The molecule has 0 bridgehead atoms. The molecule has 32 heavy (non-hydrogen) atoms. The predicted octanol–water partition coefficient (Wildman–Crippen LogP) is 2.96. The highest BCUT2D eigenvalue weighted by atomic mass is 32.2. The van der Waals surface area contributed by atoms with Crippen LogP contribution in [0.25, 0.3) is 16.6 Å². The monoisotopic (exact) mass is 476 g/mol. The molecular formula is C22H28N4O4S2. The summed E-state index contributed by atoms with van der Waals surface area (Å²) in [6.07, 6.45) is 0.503. The molecule has 0 aliphatic carbocycles. The highest BCUT2D eigenvalue weighted by Gasteiger charge is 2.34. The van der Waals surface area contributed by atoms with Crippen LogP contribution in [0.4, 0.5) is 0 Å². The Labute approximate surface area is 192 Å². The minimum atomic E-state index is -3.07. The predicted molar refractivity (Wildman–Crippen MR) is 126 cm³/mol. The van der Waals surface area contributed by atoms with E-state index in [1.54, 1.807) is 12.0 Å². The van der Waals surface area contributed by atoms with Crippen molar-refractivity contribution in [2.45, 2.75) is 38.4 Å². The SMILES string of the molecule is COc1ccc2c(C)cc3nnc(SCC(=O)N(CC(C)C)[C@@H]4CCS(=O)(=O)C4)n3c2c1. The summed E-state index contributed by atoms with van der Waals surface area (Å²) >= 11 is 1.32. The van der Waals surface area contributed by atoms with E-state index in [1.807, 2.05) is 49.4 Å². The van der Waals surface area contributed by atoms with E-state index < -0.39 is 9.84 Å². The van der Waals surface area contributed by atoms with Crippen LogP contribution in [0.3, 0.4) is 0 Å². The summed E-state index contributed by atoms with van der Waals surface area (Å²) in [6, 6.07) is 7.59. The Balaban J connectivity index is 1.61. The lowest BCUT2D eigenvalue weighted by atomic mass is 10.1. The van der Waals surface area contributed by atoms with E-state index in [2.05, 4.69) is 10.2 Å². The molecule has 0 unspecified atom stereocenters. The number of aryl methyl sites for hydroxylation is 1. The standard InChI is InChI=1S/C22H28N4O4S2/c1-14(2)11-25(16-7-8-32(28,29)13-16)21(27)12-31-22-24-23-20-9-15(3)18-6-5-17(30-4)10-19(18)26(20)22/h5-6,9-10,14,16H,7-8,11-13H2,1-4H3/t16-/m1/s1. The summed E-state index contributed by atoms with van der Waals surface area (Å²) in [4.78, 5) is 14.9. The van der Waals surface area contributed by atoms with Crippen LogP contribution in [0, 0.1) is 12.8 Å². The van der Waals surface area contributed by atoms with Gasteiger partial charge in [0.1, 0.15) is 5.75 Å². The van der Waals surface area contributed by atoms with E-state index in [-0.39, 0.29) is 35.1 Å². The molecule has 0 spiro atoms. The quantitative estimate of drug-likeness (QED) is 0.484. The number of carbonyl (C=O) groups excluding carboxylic acids is 1. The highest BCUT2D eigenvalue weighted by Crippen LogP contribution is 2.29. The summed E-state index contributed by atoms with van der Waals surface area (Å²) in [6.45, 7) is 6.63. The van der Waals surface area contributed by atoms with E-state index in [0.717, 1.165) is 22.2 Å². The molecule has 1 aliphatic rings. The number of methoxy groups -OCH3 is 1. The molecule has 1 saturated heterocycles. The van der Waals surface area contributed by atoms with Gasteiger partial charge >= 0.3 is 0 Å². The van der Waals surface area contributed by atoms with Crippen LogP contribution in [-0.4, -0.2) is 70.8 Å². The molecule has 1 amide bonds. The maximum Gasteiger partial charge on any atom is 0.233 e. The van der Waals surface area contributed by atoms with E-state index in [1.165, 1.54) is 11.8 Å². The number of rotatable bonds is 7. The van der Waals surface area contributed by atoms with Crippen LogP contribution in [0.1, 0.15) is 25.8 Å². The summed E-state index contributed by atoms with van der Waals surface area (Å²) in [5.41, 5.74) is 2.71.